The number of rotatable bonds is 6. The lowest BCUT2D eigenvalue weighted by Gasteiger charge is -2.28. The summed E-state index contributed by atoms with van der Waals surface area (Å²) >= 11 is 0. The van der Waals surface area contributed by atoms with Crippen molar-refractivity contribution < 1.29 is 27.5 Å². The fraction of sp³-hybridized carbons (Fsp3) is 0.333. The largest absolute Gasteiger partial charge is 0.416 e. The number of nitrogens with zero attached hydrogens (tertiary/aromatic N) is 5. The number of hydrogen-bond donors (Lipinski definition) is 0. The highest BCUT2D eigenvalue weighted by Gasteiger charge is 2.37. The van der Waals surface area contributed by atoms with Crippen molar-refractivity contribution in [3.63, 3.8) is 0 Å². The van der Waals surface area contributed by atoms with Crippen LogP contribution in [0.1, 0.15) is 61.3 Å². The van der Waals surface area contributed by atoms with Crippen molar-refractivity contribution >= 4 is 23.3 Å². The van der Waals surface area contributed by atoms with Gasteiger partial charge in [-0.25, -0.2) is 9.50 Å². The number of ether oxygens (including phenoxy) is 1. The van der Waals surface area contributed by atoms with Crippen LogP contribution in [0.3, 0.4) is 0 Å². The lowest BCUT2D eigenvalue weighted by atomic mass is 9.98. The number of fused-ring (bicyclic) bond motifs is 2. The first-order valence-electron chi connectivity index (χ1n) is 13.5. The minimum Gasteiger partial charge on any atom is -0.378 e. The van der Waals surface area contributed by atoms with E-state index >= 15 is 0 Å². The molecule has 4 aromatic rings. The second kappa shape index (κ2) is 10.3. The van der Waals surface area contributed by atoms with Crippen LogP contribution in [-0.4, -0.2) is 57.6 Å². The van der Waals surface area contributed by atoms with Crippen molar-refractivity contribution in [1.29, 1.82) is 0 Å². The number of aromatic nitrogens is 3. The highest BCUT2D eigenvalue weighted by molar-refractivity contribution is 6.21. The molecular weight excluding hydrogens is 535 g/mol. The Hall–Kier alpha value is -4.25. The summed E-state index contributed by atoms with van der Waals surface area (Å²) in [5, 5.41) is 4.89. The Balaban J connectivity index is 1.49. The molecule has 0 N–H and O–H groups in total. The first kappa shape index (κ1) is 26.9. The molecule has 41 heavy (non-hydrogen) atoms. The zero-order valence-electron chi connectivity index (χ0n) is 22.7. The lowest BCUT2D eigenvalue weighted by Crippen LogP contribution is -2.37. The number of hydrogen-bond acceptors (Lipinski definition) is 6. The van der Waals surface area contributed by atoms with Crippen LogP contribution in [0.15, 0.2) is 48.5 Å². The Kier molecular flexibility index (Phi) is 6.77. The van der Waals surface area contributed by atoms with Crippen molar-refractivity contribution in [3.8, 4) is 0 Å². The molecule has 1 fully saturated rings. The van der Waals surface area contributed by atoms with Gasteiger partial charge >= 0.3 is 6.18 Å². The van der Waals surface area contributed by atoms with E-state index in [1.54, 1.807) is 34.8 Å². The Morgan fingerprint density at radius 2 is 1.63 bits per heavy atom. The maximum absolute atomic E-state index is 13.8. The SMILES string of the molecule is CCc1cc(N2CCOCC2)nn2c(Cc3cccc(C(F)(F)F)c3C)c(CN3C(=O)c4ccccc4C3=O)nc12. The zero-order chi connectivity index (χ0) is 28.9. The van der Waals surface area contributed by atoms with Crippen LogP contribution >= 0.6 is 0 Å². The number of anilines is 1. The minimum atomic E-state index is -4.50. The van der Waals surface area contributed by atoms with Gasteiger partial charge in [0.1, 0.15) is 5.82 Å². The molecule has 8 nitrogen and oxygen atoms in total. The van der Waals surface area contributed by atoms with Crippen molar-refractivity contribution in [1.82, 2.24) is 19.5 Å². The van der Waals surface area contributed by atoms with Gasteiger partial charge in [0.15, 0.2) is 5.65 Å². The van der Waals surface area contributed by atoms with Gasteiger partial charge < -0.3 is 9.64 Å². The van der Waals surface area contributed by atoms with E-state index in [0.29, 0.717) is 72.3 Å². The standard InChI is InChI=1S/C30H28F3N5O3/c1-3-19-16-26(36-11-13-41-14-12-36)35-38-25(15-20-7-6-10-23(18(20)2)30(31,32)33)24(34-27(19)38)17-37-28(39)21-8-4-5-9-22(21)29(37)40/h4-10,16H,3,11-15,17H2,1-2H3. The van der Waals surface area contributed by atoms with Gasteiger partial charge in [-0.2, -0.15) is 13.2 Å². The topological polar surface area (TPSA) is 80.0 Å². The van der Waals surface area contributed by atoms with E-state index in [-0.39, 0.29) is 18.5 Å². The summed E-state index contributed by atoms with van der Waals surface area (Å²) in [7, 11) is 0. The highest BCUT2D eigenvalue weighted by atomic mass is 19.4. The maximum Gasteiger partial charge on any atom is 0.416 e. The van der Waals surface area contributed by atoms with E-state index in [4.69, 9.17) is 14.8 Å². The molecule has 0 aliphatic carbocycles. The molecule has 11 heteroatoms. The van der Waals surface area contributed by atoms with E-state index in [1.165, 1.54) is 13.0 Å². The van der Waals surface area contributed by atoms with E-state index in [2.05, 4.69) is 4.90 Å². The molecule has 0 unspecified atom stereocenters. The third-order valence-corrected chi connectivity index (χ3v) is 7.83. The molecule has 0 bridgehead atoms. The molecule has 212 valence electrons. The van der Waals surface area contributed by atoms with Gasteiger partial charge in [0.25, 0.3) is 11.8 Å². The Morgan fingerprint density at radius 3 is 2.27 bits per heavy atom. The number of halogens is 3. The van der Waals surface area contributed by atoms with Crippen molar-refractivity contribution in [3.05, 3.63) is 93.3 Å². The number of carbonyl (C=O) groups excluding carboxylic acids is 2. The Bertz CT molecular complexity index is 1640. The van der Waals surface area contributed by atoms with Crippen LogP contribution in [-0.2, 0) is 30.3 Å². The van der Waals surface area contributed by atoms with E-state index < -0.39 is 23.6 Å². The summed E-state index contributed by atoms with van der Waals surface area (Å²) in [5.41, 5.74) is 2.90. The lowest BCUT2D eigenvalue weighted by molar-refractivity contribution is -0.138. The van der Waals surface area contributed by atoms with Crippen molar-refractivity contribution in [2.45, 2.75) is 39.4 Å². The summed E-state index contributed by atoms with van der Waals surface area (Å²) < 4.78 is 48.4. The number of benzene rings is 2. The number of alkyl halides is 3. The van der Waals surface area contributed by atoms with Gasteiger partial charge in [-0.3, -0.25) is 14.5 Å². The second-order valence-corrected chi connectivity index (χ2v) is 10.2. The number of imide groups is 1. The normalized spacial score (nSPS) is 15.7. The fourth-order valence-electron chi connectivity index (χ4n) is 5.56. The van der Waals surface area contributed by atoms with Crippen LogP contribution < -0.4 is 4.90 Å². The summed E-state index contributed by atoms with van der Waals surface area (Å²) in [4.78, 5) is 34.5. The first-order chi connectivity index (χ1) is 19.7. The summed E-state index contributed by atoms with van der Waals surface area (Å²) in [6.45, 7) is 5.75. The Labute approximate surface area is 234 Å². The molecule has 1 saturated heterocycles. The van der Waals surface area contributed by atoms with Gasteiger partial charge in [0, 0.05) is 25.1 Å². The molecule has 2 aliphatic heterocycles. The van der Waals surface area contributed by atoms with Crippen LogP contribution in [0.4, 0.5) is 19.0 Å². The molecule has 2 aliphatic rings. The molecule has 4 heterocycles. The third kappa shape index (κ3) is 4.73. The quantitative estimate of drug-likeness (QED) is 0.313. The van der Waals surface area contributed by atoms with Crippen molar-refractivity contribution in [2.75, 3.05) is 31.2 Å². The monoisotopic (exact) mass is 563 g/mol. The number of carbonyl (C=O) groups is 2. The van der Waals surface area contributed by atoms with Gasteiger partial charge in [-0.1, -0.05) is 31.2 Å². The first-order valence-corrected chi connectivity index (χ1v) is 13.5. The van der Waals surface area contributed by atoms with Gasteiger partial charge in [0.05, 0.1) is 47.8 Å². The third-order valence-electron chi connectivity index (χ3n) is 7.83. The predicted molar refractivity (Wildman–Crippen MR) is 145 cm³/mol. The zero-order valence-corrected chi connectivity index (χ0v) is 22.7. The number of imidazole rings is 1. The molecule has 0 spiro atoms. The molecule has 0 radical (unpaired) electrons. The molecule has 0 atom stereocenters. The van der Waals surface area contributed by atoms with Crippen molar-refractivity contribution in [2.24, 2.45) is 0 Å². The molecule has 2 aromatic carbocycles. The summed E-state index contributed by atoms with van der Waals surface area (Å²) in [6.07, 6.45) is -3.79. The molecular formula is C30H28F3N5O3. The summed E-state index contributed by atoms with van der Waals surface area (Å²) in [6, 6.07) is 12.7. The number of aryl methyl sites for hydroxylation is 1. The van der Waals surface area contributed by atoms with Crippen LogP contribution in [0.2, 0.25) is 0 Å². The molecule has 2 aromatic heterocycles. The van der Waals surface area contributed by atoms with Gasteiger partial charge in [-0.15, -0.1) is 5.10 Å². The fourth-order valence-corrected chi connectivity index (χ4v) is 5.56. The summed E-state index contributed by atoms with van der Waals surface area (Å²) in [5.74, 6) is -0.146. The number of amides is 2. The van der Waals surface area contributed by atoms with Crippen LogP contribution in [0.5, 0.6) is 0 Å². The number of morpholine rings is 1. The minimum absolute atomic E-state index is 0.0815. The Morgan fingerprint density at radius 1 is 0.951 bits per heavy atom. The average molecular weight is 564 g/mol. The van der Waals surface area contributed by atoms with Crippen LogP contribution in [0.25, 0.3) is 5.65 Å². The van der Waals surface area contributed by atoms with E-state index in [9.17, 15) is 22.8 Å². The van der Waals surface area contributed by atoms with Gasteiger partial charge in [-0.05, 0) is 48.7 Å². The second-order valence-electron chi connectivity index (χ2n) is 10.2. The van der Waals surface area contributed by atoms with E-state index in [0.717, 1.165) is 16.5 Å². The van der Waals surface area contributed by atoms with E-state index in [1.807, 2.05) is 13.0 Å². The highest BCUT2D eigenvalue weighted by Crippen LogP contribution is 2.34. The maximum atomic E-state index is 13.8. The van der Waals surface area contributed by atoms with Gasteiger partial charge in [0.2, 0.25) is 0 Å². The molecule has 2 amide bonds. The smallest absolute Gasteiger partial charge is 0.378 e. The molecule has 0 saturated carbocycles. The predicted octanol–water partition coefficient (Wildman–Crippen LogP) is 4.84. The molecule has 6 rings (SSSR count). The average Bonchev–Trinajstić information content (AvgIpc) is 3.43. The van der Waals surface area contributed by atoms with Crippen LogP contribution in [0, 0.1) is 6.92 Å².